The fraction of sp³-hybridized carbons (Fsp3) is 0.217. The van der Waals surface area contributed by atoms with E-state index in [2.05, 4.69) is 16.7 Å². The molecule has 2 aromatic carbocycles. The lowest BCUT2D eigenvalue weighted by Gasteiger charge is -2.32. The summed E-state index contributed by atoms with van der Waals surface area (Å²) in [6, 6.07) is 18.6. The molecule has 0 spiro atoms. The molecular formula is C23H22ClN3O2S. The van der Waals surface area contributed by atoms with Gasteiger partial charge >= 0.3 is 6.03 Å². The molecular weight excluding hydrogens is 418 g/mol. The Morgan fingerprint density at radius 1 is 0.967 bits per heavy atom. The number of urea groups is 1. The van der Waals surface area contributed by atoms with E-state index >= 15 is 0 Å². The zero-order valence-electron chi connectivity index (χ0n) is 16.3. The maximum absolute atomic E-state index is 12.8. The second kappa shape index (κ2) is 9.32. The minimum atomic E-state index is -0.244. The van der Waals surface area contributed by atoms with E-state index in [-0.39, 0.29) is 18.0 Å². The first-order valence-electron chi connectivity index (χ1n) is 9.85. The summed E-state index contributed by atoms with van der Waals surface area (Å²) in [4.78, 5) is 28.1. The normalized spacial score (nSPS) is 14.4. The van der Waals surface area contributed by atoms with E-state index in [1.165, 1.54) is 4.88 Å². The van der Waals surface area contributed by atoms with Gasteiger partial charge in [0.25, 0.3) is 5.91 Å². The van der Waals surface area contributed by atoms with Gasteiger partial charge in [0.2, 0.25) is 0 Å². The Balaban J connectivity index is 1.27. The van der Waals surface area contributed by atoms with Crippen LogP contribution < -0.4 is 10.6 Å². The van der Waals surface area contributed by atoms with Crippen LogP contribution in [0.4, 0.5) is 10.5 Å². The molecule has 30 heavy (non-hydrogen) atoms. The van der Waals surface area contributed by atoms with Gasteiger partial charge in [-0.15, -0.1) is 11.3 Å². The first-order valence-corrected chi connectivity index (χ1v) is 11.1. The predicted molar refractivity (Wildman–Crippen MR) is 122 cm³/mol. The molecule has 2 heterocycles. The van der Waals surface area contributed by atoms with Crippen LogP contribution in [0.5, 0.6) is 0 Å². The van der Waals surface area contributed by atoms with E-state index in [1.54, 1.807) is 35.6 Å². The third-order valence-electron chi connectivity index (χ3n) is 5.16. The van der Waals surface area contributed by atoms with Crippen LogP contribution in [0.15, 0.2) is 66.0 Å². The fourth-order valence-electron chi connectivity index (χ4n) is 3.52. The topological polar surface area (TPSA) is 61.4 Å². The molecule has 0 saturated carbocycles. The molecule has 0 atom stereocenters. The number of nitrogens with zero attached hydrogens (tertiary/aromatic N) is 1. The van der Waals surface area contributed by atoms with Crippen molar-refractivity contribution in [1.82, 2.24) is 10.2 Å². The van der Waals surface area contributed by atoms with Crippen LogP contribution in [-0.2, 0) is 0 Å². The van der Waals surface area contributed by atoms with Crippen molar-refractivity contribution in [3.05, 3.63) is 76.6 Å². The minimum Gasteiger partial charge on any atom is -0.338 e. The van der Waals surface area contributed by atoms with E-state index < -0.39 is 0 Å². The molecule has 0 unspecified atom stereocenters. The molecule has 3 amide bonds. The Hall–Kier alpha value is -2.83. The summed E-state index contributed by atoms with van der Waals surface area (Å²) in [5, 5.41) is 8.46. The van der Waals surface area contributed by atoms with Gasteiger partial charge in [0.15, 0.2) is 0 Å². The Labute approximate surface area is 184 Å². The van der Waals surface area contributed by atoms with Crippen LogP contribution in [-0.4, -0.2) is 36.0 Å². The number of hydrogen-bond donors (Lipinski definition) is 2. The molecule has 3 aromatic rings. The molecule has 1 aliphatic heterocycles. The number of rotatable bonds is 4. The van der Waals surface area contributed by atoms with E-state index in [4.69, 9.17) is 11.6 Å². The number of anilines is 1. The molecule has 1 aromatic heterocycles. The zero-order chi connectivity index (χ0) is 20.9. The van der Waals surface area contributed by atoms with Crippen LogP contribution in [0.25, 0.3) is 10.4 Å². The maximum atomic E-state index is 12.8. The second-order valence-electron chi connectivity index (χ2n) is 7.23. The first kappa shape index (κ1) is 20.4. The van der Waals surface area contributed by atoms with E-state index in [9.17, 15) is 9.59 Å². The first-order chi connectivity index (χ1) is 14.6. The number of carbonyl (C=O) groups excluding carboxylic acids is 2. The largest absolute Gasteiger partial charge is 0.338 e. The summed E-state index contributed by atoms with van der Waals surface area (Å²) in [6.45, 7) is 1.24. The van der Waals surface area contributed by atoms with Crippen LogP contribution in [0, 0.1) is 0 Å². The fourth-order valence-corrected chi connectivity index (χ4v) is 4.37. The summed E-state index contributed by atoms with van der Waals surface area (Å²) in [6.07, 6.45) is 1.46. The van der Waals surface area contributed by atoms with Gasteiger partial charge in [-0.25, -0.2) is 4.79 Å². The van der Waals surface area contributed by atoms with Gasteiger partial charge in [-0.2, -0.15) is 0 Å². The highest BCUT2D eigenvalue weighted by Gasteiger charge is 2.24. The number of carbonyl (C=O) groups is 2. The van der Waals surface area contributed by atoms with E-state index in [0.29, 0.717) is 29.4 Å². The van der Waals surface area contributed by atoms with E-state index in [0.717, 1.165) is 18.4 Å². The van der Waals surface area contributed by atoms with Crippen molar-refractivity contribution in [1.29, 1.82) is 0 Å². The summed E-state index contributed by atoms with van der Waals surface area (Å²) in [5.74, 6) is 0.0387. The Bertz CT molecular complexity index is 996. The van der Waals surface area contributed by atoms with Gasteiger partial charge in [0.1, 0.15) is 0 Å². The number of nitrogens with one attached hydrogen (secondary N) is 2. The Morgan fingerprint density at radius 2 is 1.67 bits per heavy atom. The average molecular weight is 440 g/mol. The number of halogens is 1. The monoisotopic (exact) mass is 439 g/mol. The maximum Gasteiger partial charge on any atom is 0.319 e. The standard InChI is InChI=1S/C23H22ClN3O2S/c24-18-7-9-19(10-8-18)25-23(29)26-20-11-13-27(14-12-20)22(28)17-5-3-16(4-6-17)21-2-1-15-30-21/h1-10,15,20H,11-14H2,(H2,25,26,29). The van der Waals surface area contributed by atoms with Crippen LogP contribution in [0.1, 0.15) is 23.2 Å². The van der Waals surface area contributed by atoms with Crippen molar-refractivity contribution in [2.45, 2.75) is 18.9 Å². The van der Waals surface area contributed by atoms with Crippen molar-refractivity contribution in [2.75, 3.05) is 18.4 Å². The van der Waals surface area contributed by atoms with Crippen molar-refractivity contribution < 1.29 is 9.59 Å². The SMILES string of the molecule is O=C(Nc1ccc(Cl)cc1)NC1CCN(C(=O)c2ccc(-c3cccs3)cc2)CC1. The van der Waals surface area contributed by atoms with Crippen LogP contribution in [0.2, 0.25) is 5.02 Å². The lowest BCUT2D eigenvalue weighted by Crippen LogP contribution is -2.47. The van der Waals surface area contributed by atoms with Crippen LogP contribution >= 0.6 is 22.9 Å². The number of amides is 3. The highest BCUT2D eigenvalue weighted by atomic mass is 35.5. The lowest BCUT2D eigenvalue weighted by atomic mass is 10.0. The summed E-state index contributed by atoms with van der Waals surface area (Å²) in [5.41, 5.74) is 2.51. The molecule has 1 fully saturated rings. The summed E-state index contributed by atoms with van der Waals surface area (Å²) < 4.78 is 0. The van der Waals surface area contributed by atoms with Gasteiger partial charge in [0.05, 0.1) is 0 Å². The summed E-state index contributed by atoms with van der Waals surface area (Å²) >= 11 is 7.54. The number of hydrogen-bond acceptors (Lipinski definition) is 3. The van der Waals surface area contributed by atoms with Gasteiger partial charge in [-0.3, -0.25) is 4.79 Å². The molecule has 0 aliphatic carbocycles. The second-order valence-corrected chi connectivity index (χ2v) is 8.61. The molecule has 0 bridgehead atoms. The Morgan fingerprint density at radius 3 is 2.30 bits per heavy atom. The smallest absolute Gasteiger partial charge is 0.319 e. The number of thiophene rings is 1. The molecule has 1 aliphatic rings. The number of benzene rings is 2. The Kier molecular flexibility index (Phi) is 6.35. The minimum absolute atomic E-state index is 0.0387. The van der Waals surface area contributed by atoms with Gasteiger partial charge in [0, 0.05) is 40.3 Å². The van der Waals surface area contributed by atoms with Crippen molar-refractivity contribution >= 4 is 40.6 Å². The number of likely N-dealkylation sites (tertiary alicyclic amines) is 1. The van der Waals surface area contributed by atoms with Crippen molar-refractivity contribution in [2.24, 2.45) is 0 Å². The zero-order valence-corrected chi connectivity index (χ0v) is 17.9. The highest BCUT2D eigenvalue weighted by molar-refractivity contribution is 7.13. The average Bonchev–Trinajstić information content (AvgIpc) is 3.30. The van der Waals surface area contributed by atoms with Gasteiger partial charge in [-0.1, -0.05) is 29.8 Å². The highest BCUT2D eigenvalue weighted by Crippen LogP contribution is 2.25. The third kappa shape index (κ3) is 5.01. The molecule has 5 nitrogen and oxygen atoms in total. The van der Waals surface area contributed by atoms with Gasteiger partial charge < -0.3 is 15.5 Å². The van der Waals surface area contributed by atoms with Gasteiger partial charge in [-0.05, 0) is 66.2 Å². The summed E-state index contributed by atoms with van der Waals surface area (Å²) in [7, 11) is 0. The third-order valence-corrected chi connectivity index (χ3v) is 6.33. The molecule has 1 saturated heterocycles. The van der Waals surface area contributed by atoms with Crippen molar-refractivity contribution in [3.8, 4) is 10.4 Å². The van der Waals surface area contributed by atoms with E-state index in [1.807, 2.05) is 40.6 Å². The molecule has 0 radical (unpaired) electrons. The molecule has 7 heteroatoms. The molecule has 2 N–H and O–H groups in total. The lowest BCUT2D eigenvalue weighted by molar-refractivity contribution is 0.0709. The van der Waals surface area contributed by atoms with Crippen molar-refractivity contribution in [3.63, 3.8) is 0 Å². The van der Waals surface area contributed by atoms with Crippen LogP contribution in [0.3, 0.4) is 0 Å². The number of piperidine rings is 1. The quantitative estimate of drug-likeness (QED) is 0.564. The molecule has 154 valence electrons. The predicted octanol–water partition coefficient (Wildman–Crippen LogP) is 5.49. The molecule has 4 rings (SSSR count).